The fourth-order valence-corrected chi connectivity index (χ4v) is 4.31. The maximum atomic E-state index is 13.9. The largest absolute Gasteiger partial charge is 0.472 e. The molecule has 0 bridgehead atoms. The molecule has 160 valence electrons. The first-order valence-electron chi connectivity index (χ1n) is 10.7. The van der Waals surface area contributed by atoms with Gasteiger partial charge in [0.2, 0.25) is 0 Å². The van der Waals surface area contributed by atoms with E-state index in [2.05, 4.69) is 23.8 Å². The quantitative estimate of drug-likeness (QED) is 0.619. The minimum atomic E-state index is -0.426. The van der Waals surface area contributed by atoms with Gasteiger partial charge in [0, 0.05) is 25.2 Å². The number of rotatable bonds is 6. The van der Waals surface area contributed by atoms with Crippen LogP contribution in [0.2, 0.25) is 0 Å². The summed E-state index contributed by atoms with van der Waals surface area (Å²) in [4.78, 5) is 23.1. The summed E-state index contributed by atoms with van der Waals surface area (Å²) >= 11 is 0. The minimum absolute atomic E-state index is 0.0376. The van der Waals surface area contributed by atoms with E-state index in [1.807, 2.05) is 6.07 Å². The van der Waals surface area contributed by atoms with Crippen LogP contribution in [0.3, 0.4) is 0 Å². The predicted molar refractivity (Wildman–Crippen MR) is 115 cm³/mol. The molecule has 30 heavy (non-hydrogen) atoms. The number of likely N-dealkylation sites (N-methyl/N-ethyl adjacent to an activating group) is 1. The summed E-state index contributed by atoms with van der Waals surface area (Å²) in [5, 5.41) is 0.313. The van der Waals surface area contributed by atoms with E-state index in [0.29, 0.717) is 17.4 Å². The topological polar surface area (TPSA) is 54.5 Å². The zero-order valence-electron chi connectivity index (χ0n) is 17.7. The Morgan fingerprint density at radius 2 is 2.07 bits per heavy atom. The number of nitrogens with zero attached hydrogens (tertiary/aromatic N) is 4. The normalized spacial score (nSPS) is 17.3. The molecule has 0 N–H and O–H groups in total. The predicted octanol–water partition coefficient (Wildman–Crippen LogP) is 3.66. The van der Waals surface area contributed by atoms with Crippen LogP contribution >= 0.6 is 0 Å². The fraction of sp³-hybridized carbons (Fsp3) is 0.478. The number of hydrogen-bond acceptors (Lipinski definition) is 5. The molecule has 1 atom stereocenters. The van der Waals surface area contributed by atoms with Crippen molar-refractivity contribution < 1.29 is 8.81 Å². The molecule has 6 nitrogen and oxygen atoms in total. The molecule has 3 aromatic rings. The molecule has 7 heteroatoms. The van der Waals surface area contributed by atoms with Crippen molar-refractivity contribution in [1.29, 1.82) is 0 Å². The van der Waals surface area contributed by atoms with E-state index >= 15 is 0 Å². The van der Waals surface area contributed by atoms with Gasteiger partial charge >= 0.3 is 0 Å². The standard InChI is InChI=1S/C23H29FN4O2/c1-3-5-21(27-10-4-9-26(2)11-12-27)22-25-20-7-6-18(24)14-19(20)23(29)28(22)15-17-8-13-30-16-17/h6-8,13-14,16,21H,3-5,9-12,15H2,1-2H3/t21-/m1/s1. The van der Waals surface area contributed by atoms with Crippen LogP contribution < -0.4 is 5.56 Å². The Bertz CT molecular complexity index is 1050. The first-order valence-corrected chi connectivity index (χ1v) is 10.7. The van der Waals surface area contributed by atoms with Crippen molar-refractivity contribution in [2.24, 2.45) is 0 Å². The number of furan rings is 1. The molecule has 1 aliphatic rings. The zero-order chi connectivity index (χ0) is 21.1. The highest BCUT2D eigenvalue weighted by Gasteiger charge is 2.27. The average molecular weight is 413 g/mol. The van der Waals surface area contributed by atoms with Crippen molar-refractivity contribution in [3.8, 4) is 0 Å². The van der Waals surface area contributed by atoms with Crippen LogP contribution in [0.15, 0.2) is 46.0 Å². The molecule has 3 heterocycles. The van der Waals surface area contributed by atoms with Gasteiger partial charge in [0.15, 0.2) is 0 Å². The molecule has 0 saturated carbocycles. The van der Waals surface area contributed by atoms with E-state index in [4.69, 9.17) is 9.40 Å². The number of halogens is 1. The first kappa shape index (κ1) is 20.8. The Labute approximate surface area is 175 Å². The van der Waals surface area contributed by atoms with Gasteiger partial charge in [-0.1, -0.05) is 13.3 Å². The summed E-state index contributed by atoms with van der Waals surface area (Å²) in [6.45, 7) is 6.48. The van der Waals surface area contributed by atoms with Gasteiger partial charge in [-0.15, -0.1) is 0 Å². The second kappa shape index (κ2) is 9.10. The van der Waals surface area contributed by atoms with Crippen molar-refractivity contribution in [3.63, 3.8) is 0 Å². The van der Waals surface area contributed by atoms with E-state index in [-0.39, 0.29) is 11.6 Å². The van der Waals surface area contributed by atoms with Crippen LogP contribution in [-0.2, 0) is 6.54 Å². The van der Waals surface area contributed by atoms with E-state index in [1.54, 1.807) is 23.2 Å². The lowest BCUT2D eigenvalue weighted by atomic mass is 10.1. The minimum Gasteiger partial charge on any atom is -0.472 e. The molecule has 0 aliphatic carbocycles. The molecular formula is C23H29FN4O2. The highest BCUT2D eigenvalue weighted by molar-refractivity contribution is 5.77. The van der Waals surface area contributed by atoms with Gasteiger partial charge in [-0.25, -0.2) is 9.37 Å². The van der Waals surface area contributed by atoms with Gasteiger partial charge in [0.25, 0.3) is 5.56 Å². The number of aromatic nitrogens is 2. The Hall–Kier alpha value is -2.51. The molecule has 4 rings (SSSR count). The molecule has 0 unspecified atom stereocenters. The van der Waals surface area contributed by atoms with Crippen LogP contribution in [0.1, 0.15) is 43.6 Å². The lowest BCUT2D eigenvalue weighted by Crippen LogP contribution is -2.37. The van der Waals surface area contributed by atoms with Crippen molar-refractivity contribution in [2.45, 2.75) is 38.8 Å². The molecule has 1 aromatic carbocycles. The Kier molecular flexibility index (Phi) is 6.29. The van der Waals surface area contributed by atoms with Crippen molar-refractivity contribution in [2.75, 3.05) is 33.2 Å². The van der Waals surface area contributed by atoms with Gasteiger partial charge in [0.05, 0.1) is 36.0 Å². The maximum absolute atomic E-state index is 13.9. The molecule has 1 fully saturated rings. The summed E-state index contributed by atoms with van der Waals surface area (Å²) in [5.74, 6) is 0.330. The van der Waals surface area contributed by atoms with E-state index in [1.165, 1.54) is 12.1 Å². The third-order valence-electron chi connectivity index (χ3n) is 5.92. The molecular weight excluding hydrogens is 383 g/mol. The number of hydrogen-bond donors (Lipinski definition) is 0. The molecule has 1 saturated heterocycles. The fourth-order valence-electron chi connectivity index (χ4n) is 4.31. The number of fused-ring (bicyclic) bond motifs is 1. The Morgan fingerprint density at radius 1 is 1.20 bits per heavy atom. The van der Waals surface area contributed by atoms with Crippen LogP contribution in [0.5, 0.6) is 0 Å². The van der Waals surface area contributed by atoms with E-state index < -0.39 is 5.82 Å². The summed E-state index contributed by atoms with van der Waals surface area (Å²) in [6, 6.07) is 6.15. The summed E-state index contributed by atoms with van der Waals surface area (Å²) in [7, 11) is 2.15. The van der Waals surface area contributed by atoms with Gasteiger partial charge in [-0.05, 0) is 50.7 Å². The highest BCUT2D eigenvalue weighted by Crippen LogP contribution is 2.27. The Balaban J connectivity index is 1.85. The summed E-state index contributed by atoms with van der Waals surface area (Å²) in [6.07, 6.45) is 6.22. The second-order valence-corrected chi connectivity index (χ2v) is 8.15. The van der Waals surface area contributed by atoms with Gasteiger partial charge in [-0.2, -0.15) is 0 Å². The van der Waals surface area contributed by atoms with Crippen molar-refractivity contribution >= 4 is 10.9 Å². The smallest absolute Gasteiger partial charge is 0.261 e. The zero-order valence-corrected chi connectivity index (χ0v) is 17.7. The van der Waals surface area contributed by atoms with Crippen molar-refractivity contribution in [1.82, 2.24) is 19.4 Å². The van der Waals surface area contributed by atoms with Crippen LogP contribution in [-0.4, -0.2) is 52.6 Å². The van der Waals surface area contributed by atoms with Gasteiger partial charge in [0.1, 0.15) is 11.6 Å². The lowest BCUT2D eigenvalue weighted by molar-refractivity contribution is 0.180. The van der Waals surface area contributed by atoms with E-state index in [0.717, 1.165) is 56.8 Å². The Morgan fingerprint density at radius 3 is 2.83 bits per heavy atom. The third-order valence-corrected chi connectivity index (χ3v) is 5.92. The monoisotopic (exact) mass is 412 g/mol. The van der Waals surface area contributed by atoms with Crippen LogP contribution in [0.4, 0.5) is 4.39 Å². The average Bonchev–Trinajstić information content (AvgIpc) is 3.15. The molecule has 0 amide bonds. The van der Waals surface area contributed by atoms with Gasteiger partial charge < -0.3 is 9.32 Å². The van der Waals surface area contributed by atoms with E-state index in [9.17, 15) is 9.18 Å². The van der Waals surface area contributed by atoms with Crippen LogP contribution in [0.25, 0.3) is 10.9 Å². The SMILES string of the molecule is CCC[C@H](c1nc2ccc(F)cc2c(=O)n1Cc1ccoc1)N1CCCN(C)CC1. The summed E-state index contributed by atoms with van der Waals surface area (Å²) < 4.78 is 20.8. The highest BCUT2D eigenvalue weighted by atomic mass is 19.1. The third kappa shape index (κ3) is 4.32. The van der Waals surface area contributed by atoms with Crippen molar-refractivity contribution in [3.05, 3.63) is 64.4 Å². The van der Waals surface area contributed by atoms with Gasteiger partial charge in [-0.3, -0.25) is 14.3 Å². The van der Waals surface area contributed by atoms with Crippen LogP contribution in [0, 0.1) is 5.82 Å². The maximum Gasteiger partial charge on any atom is 0.261 e. The molecule has 0 spiro atoms. The summed E-state index contributed by atoms with van der Waals surface area (Å²) in [5.41, 5.74) is 1.23. The second-order valence-electron chi connectivity index (χ2n) is 8.15. The first-order chi connectivity index (χ1) is 14.6. The molecule has 1 aliphatic heterocycles. The molecule has 2 aromatic heterocycles. The molecule has 0 radical (unpaired) electrons. The number of benzene rings is 1. The lowest BCUT2D eigenvalue weighted by Gasteiger charge is -2.31.